The Labute approximate surface area is 134 Å². The van der Waals surface area contributed by atoms with E-state index in [4.69, 9.17) is 0 Å². The van der Waals surface area contributed by atoms with Crippen LogP contribution in [0.25, 0.3) is 0 Å². The summed E-state index contributed by atoms with van der Waals surface area (Å²) in [7, 11) is 0. The quantitative estimate of drug-likeness (QED) is 0.801. The molecule has 2 aliphatic rings. The van der Waals surface area contributed by atoms with Crippen LogP contribution in [0.15, 0.2) is 12.1 Å². The number of rotatable bonds is 1. The SMILES string of the molecule is CC(C)c1c(O)ccc2c1C[C@H](O)[C@H]1C(C)(C)CCC[C@]21C. The van der Waals surface area contributed by atoms with Crippen LogP contribution < -0.4 is 0 Å². The molecule has 0 heterocycles. The highest BCUT2D eigenvalue weighted by Crippen LogP contribution is 2.58. The van der Waals surface area contributed by atoms with Crippen LogP contribution >= 0.6 is 0 Å². The molecule has 0 amide bonds. The van der Waals surface area contributed by atoms with Crippen LogP contribution in [0.4, 0.5) is 0 Å². The summed E-state index contributed by atoms with van der Waals surface area (Å²) in [5, 5.41) is 21.3. The molecule has 2 heteroatoms. The van der Waals surface area contributed by atoms with Crippen molar-refractivity contribution in [1.82, 2.24) is 0 Å². The van der Waals surface area contributed by atoms with E-state index in [1.165, 1.54) is 24.0 Å². The lowest BCUT2D eigenvalue weighted by molar-refractivity contribution is -0.0536. The molecule has 22 heavy (non-hydrogen) atoms. The van der Waals surface area contributed by atoms with Crippen molar-refractivity contribution in [3.8, 4) is 5.75 Å². The molecule has 0 aromatic heterocycles. The molecule has 122 valence electrons. The zero-order valence-electron chi connectivity index (χ0n) is 14.6. The number of benzene rings is 1. The maximum atomic E-state index is 11.0. The summed E-state index contributed by atoms with van der Waals surface area (Å²) in [6.07, 6.45) is 3.90. The molecular formula is C20H30O2. The fourth-order valence-corrected chi connectivity index (χ4v) is 5.71. The number of aliphatic hydroxyl groups is 1. The first-order chi connectivity index (χ1) is 10.2. The lowest BCUT2D eigenvalue weighted by Crippen LogP contribution is -2.54. The molecule has 0 spiro atoms. The van der Waals surface area contributed by atoms with Gasteiger partial charge < -0.3 is 10.2 Å². The van der Waals surface area contributed by atoms with Crippen LogP contribution in [0, 0.1) is 11.3 Å². The summed E-state index contributed by atoms with van der Waals surface area (Å²) in [6, 6.07) is 3.99. The molecule has 1 fully saturated rings. The Morgan fingerprint density at radius 1 is 1.14 bits per heavy atom. The third-order valence-electron chi connectivity index (χ3n) is 6.37. The minimum absolute atomic E-state index is 0.0199. The average molecular weight is 302 g/mol. The zero-order chi connectivity index (χ0) is 16.3. The van der Waals surface area contributed by atoms with E-state index in [1.807, 2.05) is 6.07 Å². The average Bonchev–Trinajstić information content (AvgIpc) is 2.35. The lowest BCUT2D eigenvalue weighted by Gasteiger charge is -2.56. The summed E-state index contributed by atoms with van der Waals surface area (Å²) < 4.78 is 0. The van der Waals surface area contributed by atoms with Crippen LogP contribution in [0.2, 0.25) is 0 Å². The first-order valence-electron chi connectivity index (χ1n) is 8.72. The highest BCUT2D eigenvalue weighted by molar-refractivity contribution is 5.51. The van der Waals surface area contributed by atoms with Crippen LogP contribution in [0.3, 0.4) is 0 Å². The number of hydrogen-bond donors (Lipinski definition) is 2. The molecule has 1 aromatic carbocycles. The van der Waals surface area contributed by atoms with Gasteiger partial charge in [0, 0.05) is 0 Å². The van der Waals surface area contributed by atoms with Crippen molar-refractivity contribution in [2.75, 3.05) is 0 Å². The second-order valence-corrected chi connectivity index (χ2v) is 8.69. The van der Waals surface area contributed by atoms with Gasteiger partial charge in [-0.1, -0.05) is 47.1 Å². The maximum Gasteiger partial charge on any atom is 0.119 e. The predicted molar refractivity (Wildman–Crippen MR) is 90.4 cm³/mol. The Kier molecular flexibility index (Phi) is 3.60. The van der Waals surface area contributed by atoms with E-state index < -0.39 is 0 Å². The topological polar surface area (TPSA) is 40.5 Å². The fourth-order valence-electron chi connectivity index (χ4n) is 5.71. The van der Waals surface area contributed by atoms with E-state index in [-0.39, 0.29) is 22.9 Å². The van der Waals surface area contributed by atoms with E-state index in [0.29, 0.717) is 18.1 Å². The van der Waals surface area contributed by atoms with E-state index in [2.05, 4.69) is 40.7 Å². The van der Waals surface area contributed by atoms with Crippen molar-refractivity contribution < 1.29 is 10.2 Å². The summed E-state index contributed by atoms with van der Waals surface area (Å²) in [5.41, 5.74) is 3.81. The highest BCUT2D eigenvalue weighted by Gasteiger charge is 2.54. The minimum atomic E-state index is -0.313. The van der Waals surface area contributed by atoms with Gasteiger partial charge in [0.25, 0.3) is 0 Å². The zero-order valence-corrected chi connectivity index (χ0v) is 14.6. The molecule has 0 radical (unpaired) electrons. The predicted octanol–water partition coefficient (Wildman–Crippen LogP) is 4.52. The highest BCUT2D eigenvalue weighted by atomic mass is 16.3. The molecule has 0 bridgehead atoms. The molecule has 2 N–H and O–H groups in total. The largest absolute Gasteiger partial charge is 0.508 e. The summed E-state index contributed by atoms with van der Waals surface area (Å²) >= 11 is 0. The van der Waals surface area contributed by atoms with Crippen molar-refractivity contribution in [2.24, 2.45) is 11.3 Å². The van der Waals surface area contributed by atoms with Gasteiger partial charge >= 0.3 is 0 Å². The Bertz CT molecular complexity index is 588. The molecule has 1 aromatic rings. The number of phenols is 1. The van der Waals surface area contributed by atoms with Crippen molar-refractivity contribution in [2.45, 2.75) is 77.7 Å². The first-order valence-corrected chi connectivity index (χ1v) is 8.72. The van der Waals surface area contributed by atoms with Gasteiger partial charge in [0.15, 0.2) is 0 Å². The van der Waals surface area contributed by atoms with Crippen LogP contribution in [0.5, 0.6) is 5.75 Å². The number of phenolic OH excluding ortho intramolecular Hbond substituents is 1. The van der Waals surface area contributed by atoms with E-state index in [9.17, 15) is 10.2 Å². The summed E-state index contributed by atoms with van der Waals surface area (Å²) in [4.78, 5) is 0. The van der Waals surface area contributed by atoms with Gasteiger partial charge in [-0.05, 0) is 64.7 Å². The second kappa shape index (κ2) is 4.99. The second-order valence-electron chi connectivity index (χ2n) is 8.69. The normalized spacial score (nSPS) is 33.4. The maximum absolute atomic E-state index is 11.0. The van der Waals surface area contributed by atoms with E-state index in [0.717, 1.165) is 12.0 Å². The molecule has 0 unspecified atom stereocenters. The Morgan fingerprint density at radius 2 is 1.82 bits per heavy atom. The van der Waals surface area contributed by atoms with Gasteiger partial charge in [-0.3, -0.25) is 0 Å². The molecule has 3 atom stereocenters. The number of aromatic hydroxyl groups is 1. The third-order valence-corrected chi connectivity index (χ3v) is 6.37. The van der Waals surface area contributed by atoms with Crippen LogP contribution in [-0.4, -0.2) is 16.3 Å². The number of fused-ring (bicyclic) bond motifs is 3. The van der Waals surface area contributed by atoms with Gasteiger partial charge in [0.05, 0.1) is 6.10 Å². The molecule has 2 aliphatic carbocycles. The van der Waals surface area contributed by atoms with Crippen LogP contribution in [-0.2, 0) is 11.8 Å². The van der Waals surface area contributed by atoms with E-state index in [1.54, 1.807) is 0 Å². The molecule has 3 rings (SSSR count). The Morgan fingerprint density at radius 3 is 2.45 bits per heavy atom. The molecule has 2 nitrogen and oxygen atoms in total. The Hall–Kier alpha value is -1.02. The smallest absolute Gasteiger partial charge is 0.119 e. The fraction of sp³-hybridized carbons (Fsp3) is 0.700. The van der Waals surface area contributed by atoms with Gasteiger partial charge in [-0.25, -0.2) is 0 Å². The minimum Gasteiger partial charge on any atom is -0.508 e. The summed E-state index contributed by atoms with van der Waals surface area (Å²) in [6.45, 7) is 11.2. The Balaban J connectivity index is 2.23. The van der Waals surface area contributed by atoms with Gasteiger partial charge in [-0.2, -0.15) is 0 Å². The summed E-state index contributed by atoms with van der Waals surface area (Å²) in [5.74, 6) is 0.961. The number of hydrogen-bond acceptors (Lipinski definition) is 2. The van der Waals surface area contributed by atoms with Gasteiger partial charge in [0.1, 0.15) is 5.75 Å². The standard InChI is InChI=1S/C20H30O2/c1-12(2)17-13-11-16(22)18-19(3,4)9-6-10-20(18,5)14(13)7-8-15(17)21/h7-8,12,16,18,21-22H,6,9-11H2,1-5H3/t16-,18-,20+/m0/s1. The van der Waals surface area contributed by atoms with Crippen molar-refractivity contribution >= 4 is 0 Å². The van der Waals surface area contributed by atoms with Gasteiger partial charge in [-0.15, -0.1) is 0 Å². The molecule has 1 saturated carbocycles. The lowest BCUT2D eigenvalue weighted by atomic mass is 9.49. The monoisotopic (exact) mass is 302 g/mol. The molecule has 0 aliphatic heterocycles. The third kappa shape index (κ3) is 2.11. The molecular weight excluding hydrogens is 272 g/mol. The number of aliphatic hydroxyl groups excluding tert-OH is 1. The van der Waals surface area contributed by atoms with E-state index >= 15 is 0 Å². The van der Waals surface area contributed by atoms with Crippen molar-refractivity contribution in [3.05, 3.63) is 28.8 Å². The van der Waals surface area contributed by atoms with Gasteiger partial charge in [0.2, 0.25) is 0 Å². The van der Waals surface area contributed by atoms with Crippen molar-refractivity contribution in [3.63, 3.8) is 0 Å². The van der Waals surface area contributed by atoms with Crippen LogP contribution in [0.1, 0.15) is 76.5 Å². The van der Waals surface area contributed by atoms with Crippen molar-refractivity contribution in [1.29, 1.82) is 0 Å². The molecule has 0 saturated heterocycles. The first kappa shape index (κ1) is 15.9.